The third kappa shape index (κ3) is 4.37. The number of nitrogens with one attached hydrogen (secondary N) is 1. The maximum Gasteiger partial charge on any atom is 0.249 e. The molecule has 3 heteroatoms. The van der Waals surface area contributed by atoms with Gasteiger partial charge in [0.2, 0.25) is 5.92 Å². The van der Waals surface area contributed by atoms with Crippen LogP contribution in [-0.4, -0.2) is 18.5 Å². The molecule has 0 amide bonds. The predicted molar refractivity (Wildman–Crippen MR) is 70.1 cm³/mol. The number of piperidine rings is 1. The molecular formula is C15H21F2N. The van der Waals surface area contributed by atoms with E-state index in [1.165, 1.54) is 24.8 Å². The second-order valence-corrected chi connectivity index (χ2v) is 5.41. The molecule has 2 rings (SSSR count). The Morgan fingerprint density at radius 1 is 1.17 bits per heavy atom. The van der Waals surface area contributed by atoms with Crippen LogP contribution in [0.4, 0.5) is 8.78 Å². The van der Waals surface area contributed by atoms with Gasteiger partial charge in [-0.1, -0.05) is 30.7 Å². The molecule has 18 heavy (non-hydrogen) atoms. The minimum atomic E-state index is -2.62. The van der Waals surface area contributed by atoms with E-state index in [0.29, 0.717) is 11.6 Å². The molecular weight excluding hydrogens is 232 g/mol. The van der Waals surface area contributed by atoms with E-state index in [1.54, 1.807) is 0 Å². The molecule has 1 N–H and O–H groups in total. The first-order valence-corrected chi connectivity index (χ1v) is 6.72. The summed E-state index contributed by atoms with van der Waals surface area (Å²) < 4.78 is 25.7. The van der Waals surface area contributed by atoms with Gasteiger partial charge in [-0.25, -0.2) is 8.78 Å². The molecule has 100 valence electrons. The summed E-state index contributed by atoms with van der Waals surface area (Å²) in [5.74, 6) is -2.62. The fourth-order valence-corrected chi connectivity index (χ4v) is 2.53. The Morgan fingerprint density at radius 3 is 2.39 bits per heavy atom. The van der Waals surface area contributed by atoms with Crippen molar-refractivity contribution in [1.82, 2.24) is 5.32 Å². The van der Waals surface area contributed by atoms with Gasteiger partial charge in [0.15, 0.2) is 0 Å². The predicted octanol–water partition coefficient (Wildman–Crippen LogP) is 3.57. The Bertz CT molecular complexity index is 361. The Balaban J connectivity index is 1.90. The van der Waals surface area contributed by atoms with Crippen LogP contribution in [-0.2, 0) is 12.8 Å². The van der Waals surface area contributed by atoms with E-state index < -0.39 is 5.92 Å². The van der Waals surface area contributed by atoms with Gasteiger partial charge in [0.1, 0.15) is 0 Å². The van der Waals surface area contributed by atoms with Gasteiger partial charge in [-0.15, -0.1) is 0 Å². The summed E-state index contributed by atoms with van der Waals surface area (Å²) in [6.45, 7) is 2.07. The van der Waals surface area contributed by atoms with Gasteiger partial charge in [-0.3, -0.25) is 0 Å². The number of hydrogen-bond acceptors (Lipinski definition) is 1. The van der Waals surface area contributed by atoms with Crippen LogP contribution in [0.2, 0.25) is 0 Å². The molecule has 1 fully saturated rings. The first-order valence-electron chi connectivity index (χ1n) is 6.72. The van der Waals surface area contributed by atoms with E-state index in [1.807, 2.05) is 24.3 Å². The molecule has 1 atom stereocenters. The molecule has 1 heterocycles. The highest BCUT2D eigenvalue weighted by Gasteiger charge is 2.21. The van der Waals surface area contributed by atoms with E-state index in [0.717, 1.165) is 19.9 Å². The van der Waals surface area contributed by atoms with Gasteiger partial charge >= 0.3 is 0 Å². The average Bonchev–Trinajstić information content (AvgIpc) is 2.31. The van der Waals surface area contributed by atoms with Crippen molar-refractivity contribution in [2.45, 2.75) is 51.0 Å². The zero-order valence-electron chi connectivity index (χ0n) is 10.9. The normalized spacial score (nSPS) is 20.9. The lowest BCUT2D eigenvalue weighted by Gasteiger charge is -2.23. The van der Waals surface area contributed by atoms with Crippen LogP contribution >= 0.6 is 0 Å². The van der Waals surface area contributed by atoms with Gasteiger partial charge in [0.25, 0.3) is 0 Å². The topological polar surface area (TPSA) is 12.0 Å². The van der Waals surface area contributed by atoms with Crippen LogP contribution in [0.15, 0.2) is 24.3 Å². The molecule has 0 radical (unpaired) electrons. The molecule has 0 aliphatic carbocycles. The lowest BCUT2D eigenvalue weighted by molar-refractivity contribution is 0.0226. The van der Waals surface area contributed by atoms with Gasteiger partial charge in [0, 0.05) is 12.5 Å². The standard InChI is InChI=1S/C15H21F2N/c1-15(16,17)11-13-7-5-12(6-8-13)10-14-4-2-3-9-18-14/h5-8,14,18H,2-4,9-11H2,1H3. The first kappa shape index (κ1) is 13.5. The minimum absolute atomic E-state index is 0.172. The van der Waals surface area contributed by atoms with Crippen LogP contribution in [0, 0.1) is 0 Å². The summed E-state index contributed by atoms with van der Waals surface area (Å²) >= 11 is 0. The number of hydrogen-bond donors (Lipinski definition) is 1. The Morgan fingerprint density at radius 2 is 1.83 bits per heavy atom. The van der Waals surface area contributed by atoms with E-state index >= 15 is 0 Å². The Labute approximate surface area is 108 Å². The zero-order chi connectivity index (χ0) is 13.0. The molecule has 0 bridgehead atoms. The third-order valence-corrected chi connectivity index (χ3v) is 3.43. The average molecular weight is 253 g/mol. The lowest BCUT2D eigenvalue weighted by atomic mass is 9.96. The number of halogens is 2. The third-order valence-electron chi connectivity index (χ3n) is 3.43. The second-order valence-electron chi connectivity index (χ2n) is 5.41. The smallest absolute Gasteiger partial charge is 0.249 e. The molecule has 1 aliphatic heterocycles. The first-order chi connectivity index (χ1) is 8.53. The summed E-state index contributed by atoms with van der Waals surface area (Å²) in [6.07, 6.45) is 4.60. The van der Waals surface area contributed by atoms with E-state index in [9.17, 15) is 8.78 Å². The fraction of sp³-hybridized carbons (Fsp3) is 0.600. The van der Waals surface area contributed by atoms with Crippen LogP contribution in [0.1, 0.15) is 37.3 Å². The van der Waals surface area contributed by atoms with Gasteiger partial charge in [-0.05, 0) is 43.9 Å². The maximum absolute atomic E-state index is 12.9. The molecule has 1 aromatic rings. The quantitative estimate of drug-likeness (QED) is 0.865. The van der Waals surface area contributed by atoms with Crippen LogP contribution in [0.25, 0.3) is 0 Å². The summed E-state index contributed by atoms with van der Waals surface area (Å²) in [7, 11) is 0. The van der Waals surface area contributed by atoms with Gasteiger partial charge in [0.05, 0.1) is 0 Å². The van der Waals surface area contributed by atoms with Crippen LogP contribution in [0.5, 0.6) is 0 Å². The number of alkyl halides is 2. The molecule has 1 saturated heterocycles. The molecule has 0 saturated carbocycles. The molecule has 1 unspecified atom stereocenters. The highest BCUT2D eigenvalue weighted by Crippen LogP contribution is 2.20. The summed E-state index contributed by atoms with van der Waals surface area (Å²) in [5, 5.41) is 3.50. The summed E-state index contributed by atoms with van der Waals surface area (Å²) in [5.41, 5.74) is 1.94. The maximum atomic E-state index is 12.9. The second kappa shape index (κ2) is 5.79. The summed E-state index contributed by atoms with van der Waals surface area (Å²) in [6, 6.07) is 8.18. The van der Waals surface area contributed by atoms with Crippen molar-refractivity contribution in [1.29, 1.82) is 0 Å². The molecule has 0 spiro atoms. The molecule has 0 aromatic heterocycles. The van der Waals surface area contributed by atoms with E-state index in [2.05, 4.69) is 5.32 Å². The number of benzene rings is 1. The number of rotatable bonds is 4. The van der Waals surface area contributed by atoms with Gasteiger partial charge < -0.3 is 5.32 Å². The molecule has 1 aliphatic rings. The molecule has 1 nitrogen and oxygen atoms in total. The van der Waals surface area contributed by atoms with Crippen molar-refractivity contribution >= 4 is 0 Å². The van der Waals surface area contributed by atoms with Crippen LogP contribution < -0.4 is 5.32 Å². The lowest BCUT2D eigenvalue weighted by Crippen LogP contribution is -2.35. The van der Waals surface area contributed by atoms with E-state index in [4.69, 9.17) is 0 Å². The minimum Gasteiger partial charge on any atom is -0.314 e. The van der Waals surface area contributed by atoms with Crippen molar-refractivity contribution in [2.24, 2.45) is 0 Å². The van der Waals surface area contributed by atoms with Crippen molar-refractivity contribution in [3.8, 4) is 0 Å². The van der Waals surface area contributed by atoms with Crippen molar-refractivity contribution in [3.05, 3.63) is 35.4 Å². The van der Waals surface area contributed by atoms with Crippen molar-refractivity contribution in [3.63, 3.8) is 0 Å². The SMILES string of the molecule is CC(F)(F)Cc1ccc(CC2CCCCN2)cc1. The Kier molecular flexibility index (Phi) is 4.33. The zero-order valence-corrected chi connectivity index (χ0v) is 10.9. The van der Waals surface area contributed by atoms with E-state index in [-0.39, 0.29) is 6.42 Å². The summed E-state index contributed by atoms with van der Waals surface area (Å²) in [4.78, 5) is 0. The highest BCUT2D eigenvalue weighted by atomic mass is 19.3. The largest absolute Gasteiger partial charge is 0.314 e. The van der Waals surface area contributed by atoms with Crippen LogP contribution in [0.3, 0.4) is 0 Å². The highest BCUT2D eigenvalue weighted by molar-refractivity contribution is 5.24. The van der Waals surface area contributed by atoms with Gasteiger partial charge in [-0.2, -0.15) is 0 Å². The Hall–Kier alpha value is -0.960. The fourth-order valence-electron chi connectivity index (χ4n) is 2.53. The van der Waals surface area contributed by atoms with Crippen molar-refractivity contribution in [2.75, 3.05) is 6.54 Å². The molecule has 1 aromatic carbocycles. The van der Waals surface area contributed by atoms with Crippen molar-refractivity contribution < 1.29 is 8.78 Å². The monoisotopic (exact) mass is 253 g/mol.